The first-order valence-electron chi connectivity index (χ1n) is 4.95. The van der Waals surface area contributed by atoms with Crippen LogP contribution in [0.3, 0.4) is 0 Å². The van der Waals surface area contributed by atoms with Crippen molar-refractivity contribution in [2.24, 2.45) is 5.73 Å². The van der Waals surface area contributed by atoms with Crippen LogP contribution < -0.4 is 10.5 Å². The summed E-state index contributed by atoms with van der Waals surface area (Å²) in [5.41, 5.74) is 6.27. The van der Waals surface area contributed by atoms with E-state index in [0.29, 0.717) is 6.61 Å². The number of ether oxygens (including phenoxy) is 2. The van der Waals surface area contributed by atoms with Crippen LogP contribution in [0.15, 0.2) is 22.7 Å². The highest BCUT2D eigenvalue weighted by molar-refractivity contribution is 9.10. The molecule has 0 aromatic heterocycles. The molecule has 1 aromatic carbocycles. The molecule has 0 aliphatic rings. The SMILES string of the molecule is COc1ccc(COCC(O)CN)cc1Br. The van der Waals surface area contributed by atoms with Gasteiger partial charge in [0.15, 0.2) is 0 Å². The zero-order valence-corrected chi connectivity index (χ0v) is 10.7. The molecule has 3 N–H and O–H groups in total. The predicted octanol–water partition coefficient (Wildman–Crippen LogP) is 1.29. The van der Waals surface area contributed by atoms with Crippen molar-refractivity contribution in [3.63, 3.8) is 0 Å². The number of rotatable bonds is 6. The summed E-state index contributed by atoms with van der Waals surface area (Å²) in [4.78, 5) is 0. The second-order valence-corrected chi connectivity index (χ2v) is 4.23. The van der Waals surface area contributed by atoms with Crippen LogP contribution in [-0.2, 0) is 11.3 Å². The number of hydrogen-bond donors (Lipinski definition) is 2. The van der Waals surface area contributed by atoms with E-state index in [1.54, 1.807) is 7.11 Å². The molecule has 0 radical (unpaired) electrons. The molecule has 0 aliphatic carbocycles. The Morgan fingerprint density at radius 3 is 2.81 bits per heavy atom. The third-order valence-electron chi connectivity index (χ3n) is 2.07. The molecule has 0 fully saturated rings. The molecule has 0 heterocycles. The maximum absolute atomic E-state index is 9.19. The van der Waals surface area contributed by atoms with E-state index in [1.807, 2.05) is 18.2 Å². The van der Waals surface area contributed by atoms with Gasteiger partial charge in [-0.05, 0) is 33.6 Å². The maximum Gasteiger partial charge on any atom is 0.133 e. The molecule has 1 unspecified atom stereocenters. The molecule has 0 saturated heterocycles. The molecular formula is C11H16BrNO3. The van der Waals surface area contributed by atoms with Gasteiger partial charge in [0.1, 0.15) is 5.75 Å². The van der Waals surface area contributed by atoms with Crippen LogP contribution in [0.25, 0.3) is 0 Å². The van der Waals surface area contributed by atoms with Gasteiger partial charge < -0.3 is 20.3 Å². The molecule has 16 heavy (non-hydrogen) atoms. The van der Waals surface area contributed by atoms with Crippen molar-refractivity contribution < 1.29 is 14.6 Å². The Balaban J connectivity index is 2.46. The Hall–Kier alpha value is -0.620. The van der Waals surface area contributed by atoms with Gasteiger partial charge >= 0.3 is 0 Å². The summed E-state index contributed by atoms with van der Waals surface area (Å²) in [7, 11) is 1.62. The second kappa shape index (κ2) is 6.85. The van der Waals surface area contributed by atoms with Gasteiger partial charge in [0.2, 0.25) is 0 Å². The minimum atomic E-state index is -0.596. The quantitative estimate of drug-likeness (QED) is 0.828. The van der Waals surface area contributed by atoms with Crippen LogP contribution in [0.5, 0.6) is 5.75 Å². The van der Waals surface area contributed by atoms with Crippen LogP contribution in [-0.4, -0.2) is 31.5 Å². The van der Waals surface area contributed by atoms with Crippen molar-refractivity contribution in [3.05, 3.63) is 28.2 Å². The molecule has 5 heteroatoms. The molecule has 90 valence electrons. The van der Waals surface area contributed by atoms with Gasteiger partial charge in [-0.15, -0.1) is 0 Å². The van der Waals surface area contributed by atoms with Crippen molar-refractivity contribution in [2.75, 3.05) is 20.3 Å². The molecule has 4 nitrogen and oxygen atoms in total. The van der Waals surface area contributed by atoms with Gasteiger partial charge in [0.25, 0.3) is 0 Å². The van der Waals surface area contributed by atoms with E-state index in [2.05, 4.69) is 15.9 Å². The van der Waals surface area contributed by atoms with E-state index in [-0.39, 0.29) is 13.2 Å². The van der Waals surface area contributed by atoms with Gasteiger partial charge in [-0.2, -0.15) is 0 Å². The van der Waals surface area contributed by atoms with Gasteiger partial charge in [-0.25, -0.2) is 0 Å². The number of aliphatic hydroxyl groups excluding tert-OH is 1. The summed E-state index contributed by atoms with van der Waals surface area (Å²) in [6.45, 7) is 0.909. The number of benzene rings is 1. The Morgan fingerprint density at radius 1 is 1.50 bits per heavy atom. The summed E-state index contributed by atoms with van der Waals surface area (Å²) < 4.78 is 11.3. The van der Waals surface area contributed by atoms with Crippen molar-refractivity contribution >= 4 is 15.9 Å². The first-order chi connectivity index (χ1) is 7.67. The summed E-state index contributed by atoms with van der Waals surface area (Å²) in [5.74, 6) is 0.783. The van der Waals surface area contributed by atoms with E-state index < -0.39 is 6.10 Å². The molecule has 0 amide bonds. The van der Waals surface area contributed by atoms with Crippen molar-refractivity contribution in [1.82, 2.24) is 0 Å². The third-order valence-corrected chi connectivity index (χ3v) is 2.69. The van der Waals surface area contributed by atoms with Crippen LogP contribution >= 0.6 is 15.9 Å². The van der Waals surface area contributed by atoms with Crippen LogP contribution in [0.1, 0.15) is 5.56 Å². The van der Waals surface area contributed by atoms with Gasteiger partial charge in [-0.1, -0.05) is 6.07 Å². The fourth-order valence-electron chi connectivity index (χ4n) is 1.18. The first kappa shape index (κ1) is 13.4. The molecule has 0 saturated carbocycles. The number of nitrogens with two attached hydrogens (primary N) is 1. The zero-order valence-electron chi connectivity index (χ0n) is 9.15. The maximum atomic E-state index is 9.19. The Morgan fingerprint density at radius 2 is 2.25 bits per heavy atom. The lowest BCUT2D eigenvalue weighted by molar-refractivity contribution is 0.0329. The highest BCUT2D eigenvalue weighted by Crippen LogP contribution is 2.25. The van der Waals surface area contributed by atoms with E-state index in [4.69, 9.17) is 15.2 Å². The summed E-state index contributed by atoms with van der Waals surface area (Å²) in [6.07, 6.45) is -0.596. The molecule has 0 bridgehead atoms. The van der Waals surface area contributed by atoms with Crippen molar-refractivity contribution in [1.29, 1.82) is 0 Å². The molecule has 0 aliphatic heterocycles. The van der Waals surface area contributed by atoms with Crippen LogP contribution in [0.4, 0.5) is 0 Å². The van der Waals surface area contributed by atoms with E-state index in [0.717, 1.165) is 15.8 Å². The molecule has 0 spiro atoms. The number of hydrogen-bond acceptors (Lipinski definition) is 4. The monoisotopic (exact) mass is 289 g/mol. The highest BCUT2D eigenvalue weighted by atomic mass is 79.9. The average Bonchev–Trinajstić information content (AvgIpc) is 2.29. The van der Waals surface area contributed by atoms with Gasteiger partial charge in [0.05, 0.1) is 30.9 Å². The lowest BCUT2D eigenvalue weighted by Crippen LogP contribution is -2.24. The summed E-state index contributed by atoms with van der Waals surface area (Å²) >= 11 is 3.39. The highest BCUT2D eigenvalue weighted by Gasteiger charge is 2.03. The number of halogens is 1. The topological polar surface area (TPSA) is 64.7 Å². The smallest absolute Gasteiger partial charge is 0.133 e. The lowest BCUT2D eigenvalue weighted by Gasteiger charge is -2.10. The van der Waals surface area contributed by atoms with Crippen LogP contribution in [0, 0.1) is 0 Å². The zero-order chi connectivity index (χ0) is 12.0. The average molecular weight is 290 g/mol. The second-order valence-electron chi connectivity index (χ2n) is 3.37. The van der Waals surface area contributed by atoms with Crippen molar-refractivity contribution in [3.8, 4) is 5.75 Å². The predicted molar refractivity (Wildman–Crippen MR) is 65.4 cm³/mol. The number of aliphatic hydroxyl groups is 1. The standard InChI is InChI=1S/C11H16BrNO3/c1-15-11-3-2-8(4-10(11)12)6-16-7-9(14)5-13/h2-4,9,14H,5-7,13H2,1H3. The lowest BCUT2D eigenvalue weighted by atomic mass is 10.2. The largest absolute Gasteiger partial charge is 0.496 e. The first-order valence-corrected chi connectivity index (χ1v) is 5.75. The molecule has 1 atom stereocenters. The van der Waals surface area contributed by atoms with Gasteiger partial charge in [-0.3, -0.25) is 0 Å². The molecule has 1 rings (SSSR count). The normalized spacial score (nSPS) is 12.5. The van der Waals surface area contributed by atoms with E-state index in [1.165, 1.54) is 0 Å². The Bertz CT molecular complexity index is 333. The fourth-order valence-corrected chi connectivity index (χ4v) is 1.77. The minimum Gasteiger partial charge on any atom is -0.496 e. The van der Waals surface area contributed by atoms with Crippen molar-refractivity contribution in [2.45, 2.75) is 12.7 Å². The van der Waals surface area contributed by atoms with Gasteiger partial charge in [0, 0.05) is 6.54 Å². The minimum absolute atomic E-state index is 0.215. The molecule has 1 aromatic rings. The Labute approximate surface area is 103 Å². The van der Waals surface area contributed by atoms with E-state index >= 15 is 0 Å². The van der Waals surface area contributed by atoms with Crippen LogP contribution in [0.2, 0.25) is 0 Å². The molecular weight excluding hydrogens is 274 g/mol. The fraction of sp³-hybridized carbons (Fsp3) is 0.455. The van der Waals surface area contributed by atoms with E-state index in [9.17, 15) is 5.11 Å². The summed E-state index contributed by atoms with van der Waals surface area (Å²) in [5, 5.41) is 9.19. The Kier molecular flexibility index (Phi) is 5.76. The summed E-state index contributed by atoms with van der Waals surface area (Å²) in [6, 6.07) is 5.70. The number of methoxy groups -OCH3 is 1. The third kappa shape index (κ3) is 4.09.